The molecule has 0 saturated heterocycles. The van der Waals surface area contributed by atoms with Crippen molar-refractivity contribution in [1.82, 2.24) is 4.98 Å². The van der Waals surface area contributed by atoms with Crippen LogP contribution in [0.1, 0.15) is 22.0 Å². The average molecular weight is 225 g/mol. The summed E-state index contributed by atoms with van der Waals surface area (Å²) in [6.07, 6.45) is -0.0701. The van der Waals surface area contributed by atoms with Crippen LogP contribution in [0.15, 0.2) is 18.5 Å². The Morgan fingerprint density at radius 2 is 2.19 bits per heavy atom. The molecule has 1 aromatic heterocycles. The highest BCUT2D eigenvalue weighted by Gasteiger charge is 2.26. The minimum absolute atomic E-state index is 0.169. The Morgan fingerprint density at radius 1 is 1.50 bits per heavy atom. The zero-order chi connectivity index (χ0) is 12.1. The Labute approximate surface area is 91.5 Å². The summed E-state index contributed by atoms with van der Waals surface area (Å²) >= 11 is 0. The number of aromatic nitrogens is 1. The molecule has 0 bridgehead atoms. The zero-order valence-electron chi connectivity index (χ0n) is 8.53. The van der Waals surface area contributed by atoms with Crippen molar-refractivity contribution < 1.29 is 24.5 Å². The molecule has 0 aliphatic rings. The monoisotopic (exact) mass is 225 g/mol. The predicted octanol–water partition coefficient (Wildman–Crippen LogP) is -0.539. The summed E-state index contributed by atoms with van der Waals surface area (Å²) in [5, 5.41) is 19.0. The van der Waals surface area contributed by atoms with Crippen LogP contribution >= 0.6 is 0 Å². The molecule has 0 spiro atoms. The van der Waals surface area contributed by atoms with Crippen LogP contribution in [0.3, 0.4) is 0 Å². The van der Waals surface area contributed by atoms with Crippen molar-refractivity contribution >= 4 is 12.3 Å². The van der Waals surface area contributed by atoms with E-state index in [1.165, 1.54) is 18.5 Å². The highest BCUT2D eigenvalue weighted by Crippen LogP contribution is 2.17. The van der Waals surface area contributed by atoms with Gasteiger partial charge in [-0.3, -0.25) is 9.78 Å². The van der Waals surface area contributed by atoms with Gasteiger partial charge in [-0.25, -0.2) is 4.79 Å². The highest BCUT2D eigenvalue weighted by molar-refractivity contribution is 5.76. The Morgan fingerprint density at radius 3 is 2.75 bits per heavy atom. The molecule has 0 radical (unpaired) electrons. The summed E-state index contributed by atoms with van der Waals surface area (Å²) in [5.74, 6) is -0.955. The second kappa shape index (κ2) is 5.34. The molecular weight excluding hydrogens is 214 g/mol. The zero-order valence-corrected chi connectivity index (χ0v) is 8.53. The van der Waals surface area contributed by atoms with Gasteiger partial charge in [-0.15, -0.1) is 0 Å². The van der Waals surface area contributed by atoms with Gasteiger partial charge in [0.05, 0.1) is 7.11 Å². The number of carbonyl (C=O) groups excluding carboxylic acids is 2. The lowest BCUT2D eigenvalue weighted by Crippen LogP contribution is -2.29. The number of methoxy groups -OCH3 is 1. The number of ether oxygens (including phenoxy) is 1. The maximum atomic E-state index is 11.0. The van der Waals surface area contributed by atoms with Crippen LogP contribution < -0.4 is 0 Å². The van der Waals surface area contributed by atoms with Crippen molar-refractivity contribution in [2.75, 3.05) is 7.11 Å². The molecule has 86 valence electrons. The van der Waals surface area contributed by atoms with Crippen LogP contribution in [0.5, 0.6) is 0 Å². The van der Waals surface area contributed by atoms with Crippen LogP contribution in [0.25, 0.3) is 0 Å². The standard InChI is InChI=1S/C10H11NO5/c1-16-10(15)9(14)8(13)7-2-6(5-12)3-11-4-7/h2-5,8-9,13-14H,1H3. The van der Waals surface area contributed by atoms with E-state index in [0.29, 0.717) is 6.29 Å². The molecule has 2 unspecified atom stereocenters. The normalized spacial score (nSPS) is 13.9. The van der Waals surface area contributed by atoms with E-state index in [1.807, 2.05) is 0 Å². The summed E-state index contributed by atoms with van der Waals surface area (Å²) in [5.41, 5.74) is 0.413. The van der Waals surface area contributed by atoms with Crippen LogP contribution in [0.4, 0.5) is 0 Å². The number of esters is 1. The van der Waals surface area contributed by atoms with E-state index in [1.54, 1.807) is 0 Å². The molecule has 6 nitrogen and oxygen atoms in total. The summed E-state index contributed by atoms with van der Waals surface area (Å²) in [6, 6.07) is 1.33. The summed E-state index contributed by atoms with van der Waals surface area (Å²) in [7, 11) is 1.10. The van der Waals surface area contributed by atoms with Gasteiger partial charge in [0, 0.05) is 23.5 Å². The first-order valence-corrected chi connectivity index (χ1v) is 4.44. The Balaban J connectivity index is 2.90. The smallest absolute Gasteiger partial charge is 0.337 e. The van der Waals surface area contributed by atoms with Crippen molar-refractivity contribution in [3.05, 3.63) is 29.6 Å². The number of hydrogen-bond acceptors (Lipinski definition) is 6. The van der Waals surface area contributed by atoms with Gasteiger partial charge in [0.15, 0.2) is 12.4 Å². The van der Waals surface area contributed by atoms with E-state index >= 15 is 0 Å². The molecule has 2 N–H and O–H groups in total. The van der Waals surface area contributed by atoms with Crippen molar-refractivity contribution in [2.24, 2.45) is 0 Å². The predicted molar refractivity (Wildman–Crippen MR) is 52.6 cm³/mol. The van der Waals surface area contributed by atoms with E-state index < -0.39 is 18.2 Å². The quantitative estimate of drug-likeness (QED) is 0.527. The number of nitrogens with zero attached hydrogens (tertiary/aromatic N) is 1. The van der Waals surface area contributed by atoms with E-state index in [-0.39, 0.29) is 11.1 Å². The number of aliphatic hydroxyl groups is 2. The largest absolute Gasteiger partial charge is 0.467 e. The van der Waals surface area contributed by atoms with Gasteiger partial charge >= 0.3 is 5.97 Å². The van der Waals surface area contributed by atoms with Gasteiger partial charge in [0.1, 0.15) is 6.10 Å². The van der Waals surface area contributed by atoms with Crippen LogP contribution in [-0.4, -0.2) is 40.7 Å². The van der Waals surface area contributed by atoms with E-state index in [0.717, 1.165) is 7.11 Å². The fourth-order valence-corrected chi connectivity index (χ4v) is 1.13. The lowest BCUT2D eigenvalue weighted by Gasteiger charge is -2.15. The van der Waals surface area contributed by atoms with Crippen LogP contribution in [0.2, 0.25) is 0 Å². The topological polar surface area (TPSA) is 96.7 Å². The number of hydrogen-bond donors (Lipinski definition) is 2. The minimum atomic E-state index is -1.70. The van der Waals surface area contributed by atoms with Crippen LogP contribution in [0, 0.1) is 0 Å². The molecule has 0 aliphatic heterocycles. The first-order chi connectivity index (χ1) is 7.60. The maximum Gasteiger partial charge on any atom is 0.337 e. The third-order valence-electron chi connectivity index (χ3n) is 2.00. The molecule has 6 heteroatoms. The lowest BCUT2D eigenvalue weighted by atomic mass is 10.1. The van der Waals surface area contributed by atoms with Gasteiger partial charge in [-0.1, -0.05) is 0 Å². The fraction of sp³-hybridized carbons (Fsp3) is 0.300. The third kappa shape index (κ3) is 2.62. The average Bonchev–Trinajstić information content (AvgIpc) is 2.36. The third-order valence-corrected chi connectivity index (χ3v) is 2.00. The second-order valence-electron chi connectivity index (χ2n) is 3.08. The van der Waals surface area contributed by atoms with E-state index in [9.17, 15) is 19.8 Å². The molecule has 0 fully saturated rings. The van der Waals surface area contributed by atoms with Gasteiger partial charge in [0.25, 0.3) is 0 Å². The van der Waals surface area contributed by atoms with Crippen molar-refractivity contribution in [2.45, 2.75) is 12.2 Å². The second-order valence-corrected chi connectivity index (χ2v) is 3.08. The van der Waals surface area contributed by atoms with E-state index in [2.05, 4.69) is 9.72 Å². The molecule has 0 amide bonds. The Kier molecular flexibility index (Phi) is 4.10. The molecule has 0 aliphatic carbocycles. The first kappa shape index (κ1) is 12.3. The van der Waals surface area contributed by atoms with Gasteiger partial charge in [-0.05, 0) is 6.07 Å². The maximum absolute atomic E-state index is 11.0. The van der Waals surface area contributed by atoms with E-state index in [4.69, 9.17) is 0 Å². The molecule has 1 heterocycles. The molecular formula is C10H11NO5. The number of aliphatic hydroxyl groups excluding tert-OH is 2. The molecule has 1 aromatic rings. The lowest BCUT2D eigenvalue weighted by molar-refractivity contribution is -0.156. The van der Waals surface area contributed by atoms with Crippen molar-refractivity contribution in [1.29, 1.82) is 0 Å². The van der Waals surface area contributed by atoms with Crippen molar-refractivity contribution in [3.63, 3.8) is 0 Å². The number of rotatable bonds is 4. The van der Waals surface area contributed by atoms with Gasteiger partial charge in [0.2, 0.25) is 0 Å². The summed E-state index contributed by atoms with van der Waals surface area (Å²) in [6.45, 7) is 0. The minimum Gasteiger partial charge on any atom is -0.467 e. The molecule has 1 rings (SSSR count). The number of carbonyl (C=O) groups is 2. The molecule has 0 aromatic carbocycles. The molecule has 0 saturated carbocycles. The Bertz CT molecular complexity index is 393. The highest BCUT2D eigenvalue weighted by atomic mass is 16.5. The SMILES string of the molecule is COC(=O)C(O)C(O)c1cncc(C=O)c1. The van der Waals surface area contributed by atoms with Crippen LogP contribution in [-0.2, 0) is 9.53 Å². The number of aldehydes is 1. The van der Waals surface area contributed by atoms with Gasteiger partial charge in [-0.2, -0.15) is 0 Å². The van der Waals surface area contributed by atoms with Crippen molar-refractivity contribution in [3.8, 4) is 0 Å². The number of pyridine rings is 1. The van der Waals surface area contributed by atoms with Gasteiger partial charge < -0.3 is 14.9 Å². The molecule has 16 heavy (non-hydrogen) atoms. The first-order valence-electron chi connectivity index (χ1n) is 4.44. The molecule has 2 atom stereocenters. The summed E-state index contributed by atoms with van der Waals surface area (Å²) < 4.78 is 4.27. The fourth-order valence-electron chi connectivity index (χ4n) is 1.13. The Hall–Kier alpha value is -1.79. The summed E-state index contributed by atoms with van der Waals surface area (Å²) in [4.78, 5) is 25.1.